The monoisotopic (exact) mass is 337 g/mol. The van der Waals surface area contributed by atoms with E-state index in [-0.39, 0.29) is 46.3 Å². The average molecular weight is 338 g/mol. The van der Waals surface area contributed by atoms with Crippen molar-refractivity contribution in [1.82, 2.24) is 0 Å². The van der Waals surface area contributed by atoms with Gasteiger partial charge in [-0.25, -0.2) is 4.90 Å². The molecule has 1 heterocycles. The lowest BCUT2D eigenvalue weighted by molar-refractivity contribution is -0.120. The van der Waals surface area contributed by atoms with Crippen molar-refractivity contribution >= 4 is 40.7 Å². The predicted octanol–water partition coefficient (Wildman–Crippen LogP) is 3.61. The quantitative estimate of drug-likeness (QED) is 0.481. The largest absolute Gasteiger partial charge is 0.479 e. The van der Waals surface area contributed by atoms with E-state index in [1.54, 1.807) is 13.8 Å². The van der Waals surface area contributed by atoms with Crippen molar-refractivity contribution in [2.24, 2.45) is 0 Å². The first-order valence-electron chi connectivity index (χ1n) is 6.45. The van der Waals surface area contributed by atoms with Crippen LogP contribution in [0.3, 0.4) is 0 Å². The molecule has 4 nitrogen and oxygen atoms in total. The summed E-state index contributed by atoms with van der Waals surface area (Å²) >= 11 is 12.2. The normalized spacial score (nSPS) is 14.3. The molecule has 1 aromatic rings. The van der Waals surface area contributed by atoms with Gasteiger partial charge in [-0.3, -0.25) is 9.59 Å². The number of nitrogens with zero attached hydrogens (tertiary/aromatic N) is 1. The molecule has 0 saturated carbocycles. The Morgan fingerprint density at radius 1 is 1.32 bits per heavy atom. The smallest absolute Gasteiger partial charge is 0.261 e. The topological polar surface area (TPSA) is 46.6 Å². The molecule has 114 valence electrons. The van der Waals surface area contributed by atoms with E-state index in [0.717, 1.165) is 10.5 Å². The molecule has 1 fully saturated rings. The molecule has 1 saturated heterocycles. The van der Waals surface area contributed by atoms with Crippen molar-refractivity contribution in [1.29, 1.82) is 0 Å². The van der Waals surface area contributed by atoms with Crippen LogP contribution in [0.2, 0.25) is 10.0 Å². The summed E-state index contributed by atoms with van der Waals surface area (Å²) in [6, 6.07) is 2.87. The highest BCUT2D eigenvalue weighted by Gasteiger charge is 2.37. The van der Waals surface area contributed by atoms with E-state index in [1.807, 2.05) is 0 Å². The molecule has 0 bridgehead atoms. The number of benzene rings is 1. The maximum Gasteiger partial charge on any atom is 0.261 e. The van der Waals surface area contributed by atoms with Crippen molar-refractivity contribution in [2.75, 3.05) is 11.5 Å². The zero-order chi connectivity index (χ0) is 16.4. The Bertz CT molecular complexity index is 728. The zero-order valence-electron chi connectivity index (χ0n) is 12.1. The first-order valence-corrected chi connectivity index (χ1v) is 7.21. The molecule has 0 radical (unpaired) electrons. The van der Waals surface area contributed by atoms with Crippen LogP contribution < -0.4 is 9.64 Å². The van der Waals surface area contributed by atoms with Crippen LogP contribution in [0, 0.1) is 12.3 Å². The maximum atomic E-state index is 12.4. The Hall–Kier alpha value is -1.96. The second-order valence-electron chi connectivity index (χ2n) is 4.92. The summed E-state index contributed by atoms with van der Waals surface area (Å²) in [6.07, 6.45) is 5.20. The van der Waals surface area contributed by atoms with Gasteiger partial charge < -0.3 is 4.74 Å². The lowest BCUT2D eigenvalue weighted by Crippen LogP contribution is -2.29. The molecule has 0 spiro atoms. The molecule has 2 rings (SSSR count). The van der Waals surface area contributed by atoms with Crippen molar-refractivity contribution in [3.8, 4) is 18.1 Å². The van der Waals surface area contributed by atoms with Crippen LogP contribution in [0.1, 0.15) is 20.3 Å². The Morgan fingerprint density at radius 3 is 2.55 bits per heavy atom. The van der Waals surface area contributed by atoms with Crippen molar-refractivity contribution in [3.05, 3.63) is 33.3 Å². The van der Waals surface area contributed by atoms with Gasteiger partial charge in [0.05, 0.1) is 22.2 Å². The molecule has 0 aliphatic carbocycles. The highest BCUT2D eigenvalue weighted by molar-refractivity contribution is 6.39. The van der Waals surface area contributed by atoms with Gasteiger partial charge in [0.25, 0.3) is 5.91 Å². The molecular weight excluding hydrogens is 325 g/mol. The molecule has 1 aromatic carbocycles. The summed E-state index contributed by atoms with van der Waals surface area (Å²) in [5, 5.41) is 0.445. The van der Waals surface area contributed by atoms with Gasteiger partial charge in [-0.15, -0.1) is 6.42 Å². The minimum Gasteiger partial charge on any atom is -0.479 e. The number of allylic oxidation sites excluding steroid dienone is 1. The number of ether oxygens (including phenoxy) is 1. The Morgan fingerprint density at radius 2 is 2.00 bits per heavy atom. The number of amides is 2. The molecule has 0 unspecified atom stereocenters. The number of carbonyl (C=O) groups is 2. The second kappa shape index (κ2) is 6.43. The average Bonchev–Trinajstić information content (AvgIpc) is 2.74. The summed E-state index contributed by atoms with van der Waals surface area (Å²) < 4.78 is 5.30. The SMILES string of the molecule is C#CCOc1cc(N2C(=O)CC(=C(C)C)C2=O)c(Cl)cc1Cl. The Balaban J connectivity index is 2.49. The molecule has 0 atom stereocenters. The van der Waals surface area contributed by atoms with Gasteiger partial charge in [-0.2, -0.15) is 0 Å². The lowest BCUT2D eigenvalue weighted by Gasteiger charge is -2.17. The van der Waals surface area contributed by atoms with Crippen LogP contribution >= 0.6 is 23.2 Å². The van der Waals surface area contributed by atoms with Crippen LogP contribution in [0.5, 0.6) is 5.75 Å². The van der Waals surface area contributed by atoms with Crippen LogP contribution in [0.4, 0.5) is 5.69 Å². The highest BCUT2D eigenvalue weighted by Crippen LogP contribution is 2.39. The first kappa shape index (κ1) is 16.4. The number of hydrogen-bond acceptors (Lipinski definition) is 3. The van der Waals surface area contributed by atoms with Crippen LogP contribution in [-0.2, 0) is 9.59 Å². The minimum atomic E-state index is -0.378. The van der Waals surface area contributed by atoms with Gasteiger partial charge in [0.15, 0.2) is 0 Å². The van der Waals surface area contributed by atoms with Crippen LogP contribution in [-0.4, -0.2) is 18.4 Å². The van der Waals surface area contributed by atoms with Gasteiger partial charge in [0.1, 0.15) is 12.4 Å². The number of imide groups is 1. The number of anilines is 1. The Kier molecular flexibility index (Phi) is 4.80. The van der Waals surface area contributed by atoms with E-state index in [0.29, 0.717) is 5.57 Å². The summed E-state index contributed by atoms with van der Waals surface area (Å²) in [6.45, 7) is 3.59. The van der Waals surface area contributed by atoms with Crippen LogP contribution in [0.25, 0.3) is 0 Å². The zero-order valence-corrected chi connectivity index (χ0v) is 13.6. The molecule has 1 aliphatic heterocycles. The summed E-state index contributed by atoms with van der Waals surface area (Å²) in [7, 11) is 0. The molecular formula is C16H13Cl2NO3. The molecule has 22 heavy (non-hydrogen) atoms. The van der Waals surface area contributed by atoms with E-state index < -0.39 is 0 Å². The summed E-state index contributed by atoms with van der Waals surface area (Å²) in [5.41, 5.74) is 1.51. The molecule has 6 heteroatoms. The molecule has 2 amide bonds. The fourth-order valence-corrected chi connectivity index (χ4v) is 2.63. The first-order chi connectivity index (χ1) is 10.4. The number of rotatable bonds is 3. The molecule has 1 aliphatic rings. The third kappa shape index (κ3) is 2.96. The third-order valence-electron chi connectivity index (χ3n) is 3.20. The van der Waals surface area contributed by atoms with Crippen molar-refractivity contribution < 1.29 is 14.3 Å². The predicted molar refractivity (Wildman–Crippen MR) is 86.3 cm³/mol. The highest BCUT2D eigenvalue weighted by atomic mass is 35.5. The Labute approximate surface area is 138 Å². The van der Waals surface area contributed by atoms with Crippen molar-refractivity contribution in [3.63, 3.8) is 0 Å². The van der Waals surface area contributed by atoms with Gasteiger partial charge in [0, 0.05) is 11.6 Å². The van der Waals surface area contributed by atoms with Crippen molar-refractivity contribution in [2.45, 2.75) is 20.3 Å². The maximum absolute atomic E-state index is 12.4. The number of hydrogen-bond donors (Lipinski definition) is 0. The fraction of sp³-hybridized carbons (Fsp3) is 0.250. The number of terminal acetylenes is 1. The minimum absolute atomic E-state index is 0.0158. The standard InChI is InChI=1S/C16H13Cl2NO3/c1-4-5-22-14-8-13(11(17)7-12(14)18)19-15(20)6-10(9(2)3)16(19)21/h1,7-8H,5-6H2,2-3H3. The van der Waals surface area contributed by atoms with Gasteiger partial charge in [0.2, 0.25) is 5.91 Å². The van der Waals surface area contributed by atoms with E-state index in [9.17, 15) is 9.59 Å². The summed E-state index contributed by atoms with van der Waals surface area (Å²) in [5.74, 6) is 1.87. The molecule has 0 N–H and O–H groups in total. The summed E-state index contributed by atoms with van der Waals surface area (Å²) in [4.78, 5) is 25.6. The van der Waals surface area contributed by atoms with Gasteiger partial charge in [-0.1, -0.05) is 34.7 Å². The van der Waals surface area contributed by atoms with E-state index in [4.69, 9.17) is 34.4 Å². The van der Waals surface area contributed by atoms with E-state index >= 15 is 0 Å². The van der Waals surface area contributed by atoms with Gasteiger partial charge >= 0.3 is 0 Å². The lowest BCUT2D eigenvalue weighted by atomic mass is 10.1. The number of carbonyl (C=O) groups excluding carboxylic acids is 2. The van der Waals surface area contributed by atoms with Gasteiger partial charge in [-0.05, 0) is 19.9 Å². The number of halogens is 2. The van der Waals surface area contributed by atoms with E-state index in [1.165, 1.54) is 12.1 Å². The van der Waals surface area contributed by atoms with E-state index in [2.05, 4.69) is 5.92 Å². The second-order valence-corrected chi connectivity index (χ2v) is 5.73. The van der Waals surface area contributed by atoms with Crippen LogP contribution in [0.15, 0.2) is 23.3 Å². The fourth-order valence-electron chi connectivity index (χ4n) is 2.11. The molecule has 0 aromatic heterocycles. The third-order valence-corrected chi connectivity index (χ3v) is 3.79.